The van der Waals surface area contributed by atoms with Crippen molar-refractivity contribution in [3.8, 4) is 0 Å². The molecule has 9 heteroatoms. The largest absolute Gasteiger partial charge is 0.355 e. The molecule has 0 radical (unpaired) electrons. The van der Waals surface area contributed by atoms with Crippen LogP contribution in [0, 0.1) is 6.92 Å². The number of aryl methyl sites for hydroxylation is 2. The maximum atomic E-state index is 12.7. The number of aromatic nitrogens is 2. The van der Waals surface area contributed by atoms with Gasteiger partial charge in [-0.2, -0.15) is 9.40 Å². The van der Waals surface area contributed by atoms with Crippen molar-refractivity contribution < 1.29 is 13.2 Å². The minimum atomic E-state index is -3.49. The molecule has 0 saturated carbocycles. The average molecular weight is 448 g/mol. The van der Waals surface area contributed by atoms with Crippen LogP contribution in [-0.4, -0.2) is 65.7 Å². The Labute approximate surface area is 185 Å². The first-order chi connectivity index (χ1) is 14.8. The number of nitrogens with one attached hydrogen (secondary N) is 1. The van der Waals surface area contributed by atoms with Gasteiger partial charge in [-0.15, -0.1) is 0 Å². The molecule has 1 saturated heterocycles. The van der Waals surface area contributed by atoms with Crippen LogP contribution in [0.4, 0.5) is 0 Å². The van der Waals surface area contributed by atoms with E-state index < -0.39 is 16.1 Å². The van der Waals surface area contributed by atoms with Gasteiger partial charge in [0.1, 0.15) is 0 Å². The summed E-state index contributed by atoms with van der Waals surface area (Å²) in [5, 5.41) is 7.49. The van der Waals surface area contributed by atoms with Crippen LogP contribution >= 0.6 is 0 Å². The number of hydrogen-bond acceptors (Lipinski definition) is 5. The molecule has 0 spiro atoms. The fraction of sp³-hybridized carbons (Fsp3) is 0.545. The van der Waals surface area contributed by atoms with E-state index in [-0.39, 0.29) is 12.3 Å². The number of sulfonamides is 1. The van der Waals surface area contributed by atoms with Gasteiger partial charge in [0.05, 0.1) is 18.0 Å². The van der Waals surface area contributed by atoms with Gasteiger partial charge in [-0.05, 0) is 32.4 Å². The first kappa shape index (κ1) is 23.4. The fourth-order valence-corrected chi connectivity index (χ4v) is 5.17. The summed E-state index contributed by atoms with van der Waals surface area (Å²) in [6.07, 6.45) is 4.08. The van der Waals surface area contributed by atoms with Crippen molar-refractivity contribution in [3.63, 3.8) is 0 Å². The van der Waals surface area contributed by atoms with Crippen LogP contribution in [0.25, 0.3) is 0 Å². The molecule has 1 atom stereocenters. The van der Waals surface area contributed by atoms with Gasteiger partial charge >= 0.3 is 0 Å². The minimum absolute atomic E-state index is 0.111. The van der Waals surface area contributed by atoms with E-state index in [0.717, 1.165) is 36.5 Å². The minimum Gasteiger partial charge on any atom is -0.355 e. The van der Waals surface area contributed by atoms with E-state index in [2.05, 4.69) is 28.4 Å². The lowest BCUT2D eigenvalue weighted by molar-refractivity contribution is -0.122. The molecule has 2 aromatic rings. The topological polar surface area (TPSA) is 87.5 Å². The zero-order valence-corrected chi connectivity index (χ0v) is 19.4. The monoisotopic (exact) mass is 447 g/mol. The van der Waals surface area contributed by atoms with Crippen LogP contribution in [0.2, 0.25) is 0 Å². The van der Waals surface area contributed by atoms with Gasteiger partial charge in [0.15, 0.2) is 0 Å². The number of hydrogen-bond donors (Lipinski definition) is 1. The van der Waals surface area contributed by atoms with Crippen molar-refractivity contribution in [3.05, 3.63) is 53.3 Å². The fourth-order valence-electron chi connectivity index (χ4n) is 4.05. The maximum absolute atomic E-state index is 12.7. The molecule has 1 aromatic carbocycles. The van der Waals surface area contributed by atoms with E-state index in [9.17, 15) is 13.2 Å². The third-order valence-corrected chi connectivity index (χ3v) is 6.99. The quantitative estimate of drug-likeness (QED) is 0.757. The van der Waals surface area contributed by atoms with E-state index in [1.54, 1.807) is 0 Å². The molecule has 1 aliphatic rings. The maximum Gasteiger partial charge on any atom is 0.222 e. The Balaban J connectivity index is 1.80. The summed E-state index contributed by atoms with van der Waals surface area (Å²) < 4.78 is 28.7. The van der Waals surface area contributed by atoms with Crippen molar-refractivity contribution >= 4 is 15.9 Å². The number of carbonyl (C=O) groups is 1. The summed E-state index contributed by atoms with van der Waals surface area (Å²) in [7, 11) is -3.49. The van der Waals surface area contributed by atoms with Crippen molar-refractivity contribution in [1.82, 2.24) is 24.3 Å². The molecule has 31 heavy (non-hydrogen) atoms. The third-order valence-electron chi connectivity index (χ3n) is 5.71. The van der Waals surface area contributed by atoms with E-state index in [1.807, 2.05) is 41.9 Å². The van der Waals surface area contributed by atoms with Gasteiger partial charge in [-0.1, -0.05) is 30.3 Å². The summed E-state index contributed by atoms with van der Waals surface area (Å²) in [6.45, 7) is 7.95. The Kier molecular flexibility index (Phi) is 7.85. The highest BCUT2D eigenvalue weighted by Crippen LogP contribution is 2.27. The number of amides is 1. The van der Waals surface area contributed by atoms with Crippen LogP contribution in [0.5, 0.6) is 0 Å². The summed E-state index contributed by atoms with van der Waals surface area (Å²) in [5.41, 5.74) is 2.99. The van der Waals surface area contributed by atoms with Crippen LogP contribution in [0.3, 0.4) is 0 Å². The van der Waals surface area contributed by atoms with Crippen LogP contribution < -0.4 is 5.32 Å². The number of carbonyl (C=O) groups excluding carboxylic acids is 1. The second-order valence-corrected chi connectivity index (χ2v) is 10.0. The molecule has 1 amide bonds. The Bertz CT molecular complexity index is 974. The van der Waals surface area contributed by atoms with Crippen molar-refractivity contribution in [1.29, 1.82) is 0 Å². The molecule has 8 nitrogen and oxygen atoms in total. The van der Waals surface area contributed by atoms with Crippen molar-refractivity contribution in [2.45, 2.75) is 45.8 Å². The highest BCUT2D eigenvalue weighted by atomic mass is 32.2. The summed E-state index contributed by atoms with van der Waals surface area (Å²) in [5.74, 6) is -0.140. The normalized spacial score (nSPS) is 20.2. The zero-order chi connectivity index (χ0) is 22.4. The van der Waals surface area contributed by atoms with Crippen molar-refractivity contribution in [2.75, 3.05) is 32.4 Å². The van der Waals surface area contributed by atoms with Crippen LogP contribution in [0.1, 0.15) is 42.6 Å². The lowest BCUT2D eigenvalue weighted by atomic mass is 10.0. The molecular formula is C22H33N5O3S. The molecule has 1 aliphatic heterocycles. The Morgan fingerprint density at radius 1 is 1.16 bits per heavy atom. The molecule has 1 N–H and O–H groups in total. The van der Waals surface area contributed by atoms with E-state index >= 15 is 0 Å². The standard InChI is InChI=1S/C22H33N5O3S/c1-4-26-17-20(18(2)24-26)16-25-12-8-13-27(31(3,29)30)21(15-22(28)23-11-14-25)19-9-6-5-7-10-19/h5-7,9-10,17,21H,4,8,11-16H2,1-3H3,(H,23,28). The second-order valence-electron chi connectivity index (χ2n) is 8.08. The van der Waals surface area contributed by atoms with Crippen LogP contribution in [0.15, 0.2) is 36.5 Å². The molecule has 0 aliphatic carbocycles. The summed E-state index contributed by atoms with van der Waals surface area (Å²) >= 11 is 0. The Morgan fingerprint density at radius 3 is 2.55 bits per heavy atom. The van der Waals surface area contributed by atoms with Gasteiger partial charge in [-0.3, -0.25) is 14.4 Å². The highest BCUT2D eigenvalue weighted by molar-refractivity contribution is 7.88. The molecule has 170 valence electrons. The second kappa shape index (κ2) is 10.4. The Morgan fingerprint density at radius 2 is 1.90 bits per heavy atom. The molecule has 1 fully saturated rings. The molecule has 0 bridgehead atoms. The molecule has 1 aromatic heterocycles. The first-order valence-electron chi connectivity index (χ1n) is 10.8. The van der Waals surface area contributed by atoms with Gasteiger partial charge in [0, 0.05) is 50.9 Å². The van der Waals surface area contributed by atoms with Gasteiger partial charge in [-0.25, -0.2) is 8.42 Å². The van der Waals surface area contributed by atoms with Crippen molar-refractivity contribution in [2.24, 2.45) is 0 Å². The highest BCUT2D eigenvalue weighted by Gasteiger charge is 2.30. The average Bonchev–Trinajstić information content (AvgIpc) is 3.07. The van der Waals surface area contributed by atoms with Gasteiger partial charge in [0.2, 0.25) is 15.9 Å². The Hall–Kier alpha value is -2.23. The van der Waals surface area contributed by atoms with E-state index in [0.29, 0.717) is 26.1 Å². The number of nitrogens with zero attached hydrogens (tertiary/aromatic N) is 4. The van der Waals surface area contributed by atoms with Crippen LogP contribution in [-0.2, 0) is 27.9 Å². The summed E-state index contributed by atoms with van der Waals surface area (Å²) in [4.78, 5) is 14.9. The SMILES string of the molecule is CCn1cc(CN2CCCN(S(C)(=O)=O)C(c3ccccc3)CC(=O)NCC2)c(C)n1. The first-order valence-corrected chi connectivity index (χ1v) is 12.7. The van der Waals surface area contributed by atoms with E-state index in [1.165, 1.54) is 10.6 Å². The lowest BCUT2D eigenvalue weighted by Gasteiger charge is -2.30. The van der Waals surface area contributed by atoms with E-state index in [4.69, 9.17) is 0 Å². The molecular weight excluding hydrogens is 414 g/mol. The molecule has 3 rings (SSSR count). The van der Waals surface area contributed by atoms with Gasteiger partial charge in [0.25, 0.3) is 0 Å². The zero-order valence-electron chi connectivity index (χ0n) is 18.6. The summed E-state index contributed by atoms with van der Waals surface area (Å²) in [6, 6.07) is 8.90. The molecule has 1 unspecified atom stereocenters. The predicted molar refractivity (Wildman–Crippen MR) is 121 cm³/mol. The number of benzene rings is 1. The van der Waals surface area contributed by atoms with Gasteiger partial charge < -0.3 is 5.32 Å². The predicted octanol–water partition coefficient (Wildman–Crippen LogP) is 1.93. The number of rotatable bonds is 5. The smallest absolute Gasteiger partial charge is 0.222 e. The molecule has 2 heterocycles. The third kappa shape index (κ3) is 6.38. The lowest BCUT2D eigenvalue weighted by Crippen LogP contribution is -2.38.